The number of thiophene rings is 1. The number of pyridine rings is 1. The number of hydrogen-bond acceptors (Lipinski definition) is 7. The van der Waals surface area contributed by atoms with Crippen molar-refractivity contribution in [3.05, 3.63) is 45.7 Å². The molecular weight excluding hydrogens is 414 g/mol. The fourth-order valence-electron chi connectivity index (χ4n) is 4.20. The first-order chi connectivity index (χ1) is 15.0. The van der Waals surface area contributed by atoms with E-state index in [4.69, 9.17) is 9.84 Å². The van der Waals surface area contributed by atoms with Crippen molar-refractivity contribution in [1.29, 1.82) is 0 Å². The van der Waals surface area contributed by atoms with Gasteiger partial charge in [0, 0.05) is 61.1 Å². The third-order valence-corrected chi connectivity index (χ3v) is 6.92. The Morgan fingerprint density at radius 2 is 2.26 bits per heavy atom. The second-order valence-corrected chi connectivity index (χ2v) is 8.74. The zero-order valence-electron chi connectivity index (χ0n) is 18.2. The van der Waals surface area contributed by atoms with Gasteiger partial charge in [-0.2, -0.15) is 5.10 Å². The fourth-order valence-corrected chi connectivity index (χ4v) is 5.32. The summed E-state index contributed by atoms with van der Waals surface area (Å²) in [6.07, 6.45) is 1.52. The van der Waals surface area contributed by atoms with Crippen LogP contribution in [0.25, 0.3) is 10.2 Å². The van der Waals surface area contributed by atoms with Crippen LogP contribution < -0.4 is 5.32 Å². The SMILES string of the molecule is CCn1nc(C)c(CN2CCO[C@@H](c3c(C(=O)NCCO)sc4ncccc34)C2)c1C. The Morgan fingerprint density at radius 3 is 3.00 bits per heavy atom. The molecule has 0 aromatic carbocycles. The van der Waals surface area contributed by atoms with E-state index in [1.165, 1.54) is 22.6 Å². The van der Waals surface area contributed by atoms with Gasteiger partial charge in [-0.1, -0.05) is 6.07 Å². The molecule has 3 aromatic heterocycles. The van der Waals surface area contributed by atoms with Gasteiger partial charge in [-0.25, -0.2) is 4.98 Å². The molecule has 0 aliphatic carbocycles. The van der Waals surface area contributed by atoms with Gasteiger partial charge in [0.2, 0.25) is 0 Å². The van der Waals surface area contributed by atoms with Crippen LogP contribution >= 0.6 is 11.3 Å². The van der Waals surface area contributed by atoms with Gasteiger partial charge in [-0.05, 0) is 26.8 Å². The second-order valence-electron chi connectivity index (χ2n) is 7.74. The fraction of sp³-hybridized carbons (Fsp3) is 0.500. The number of nitrogens with zero attached hydrogens (tertiary/aromatic N) is 4. The second kappa shape index (κ2) is 9.44. The highest BCUT2D eigenvalue weighted by Gasteiger charge is 2.30. The lowest BCUT2D eigenvalue weighted by Crippen LogP contribution is -2.38. The van der Waals surface area contributed by atoms with Crippen LogP contribution in [0.3, 0.4) is 0 Å². The van der Waals surface area contributed by atoms with Crippen LogP contribution in [-0.4, -0.2) is 63.5 Å². The summed E-state index contributed by atoms with van der Waals surface area (Å²) in [6, 6.07) is 3.89. The van der Waals surface area contributed by atoms with Crippen molar-refractivity contribution < 1.29 is 14.6 Å². The summed E-state index contributed by atoms with van der Waals surface area (Å²) in [5.74, 6) is -0.191. The van der Waals surface area contributed by atoms with Crippen LogP contribution in [0.2, 0.25) is 0 Å². The third kappa shape index (κ3) is 4.36. The highest BCUT2D eigenvalue weighted by Crippen LogP contribution is 2.37. The summed E-state index contributed by atoms with van der Waals surface area (Å²) in [4.78, 5) is 21.1. The van der Waals surface area contributed by atoms with E-state index in [0.29, 0.717) is 18.0 Å². The van der Waals surface area contributed by atoms with Gasteiger partial charge >= 0.3 is 0 Å². The lowest BCUT2D eigenvalue weighted by atomic mass is 10.0. The first kappa shape index (κ1) is 21.9. The van der Waals surface area contributed by atoms with Crippen LogP contribution in [0.1, 0.15) is 45.2 Å². The quantitative estimate of drug-likeness (QED) is 0.583. The van der Waals surface area contributed by atoms with E-state index < -0.39 is 0 Å². The summed E-state index contributed by atoms with van der Waals surface area (Å²) in [6.45, 7) is 10.2. The van der Waals surface area contributed by atoms with Crippen molar-refractivity contribution in [1.82, 2.24) is 25.0 Å². The summed E-state index contributed by atoms with van der Waals surface area (Å²) in [5.41, 5.74) is 4.43. The van der Waals surface area contributed by atoms with Gasteiger partial charge in [-0.15, -0.1) is 11.3 Å². The lowest BCUT2D eigenvalue weighted by Gasteiger charge is -2.33. The zero-order chi connectivity index (χ0) is 22.0. The van der Waals surface area contributed by atoms with Gasteiger partial charge in [0.15, 0.2) is 0 Å². The number of aromatic nitrogens is 3. The van der Waals surface area contributed by atoms with Gasteiger partial charge in [0.1, 0.15) is 9.71 Å². The molecule has 1 aliphatic heterocycles. The number of amides is 1. The molecule has 3 aromatic rings. The normalized spacial score (nSPS) is 17.4. The first-order valence-corrected chi connectivity index (χ1v) is 11.5. The number of fused-ring (bicyclic) bond motifs is 1. The van der Waals surface area contributed by atoms with Gasteiger partial charge in [0.05, 0.1) is 25.0 Å². The van der Waals surface area contributed by atoms with Crippen molar-refractivity contribution in [2.45, 2.75) is 40.0 Å². The molecule has 9 heteroatoms. The van der Waals surface area contributed by atoms with E-state index in [1.54, 1.807) is 6.20 Å². The number of carbonyl (C=O) groups excluding carboxylic acids is 1. The Hall–Kier alpha value is -2.33. The number of aliphatic hydroxyl groups is 1. The summed E-state index contributed by atoms with van der Waals surface area (Å²) < 4.78 is 8.21. The number of aliphatic hydroxyl groups excluding tert-OH is 1. The van der Waals surface area contributed by atoms with E-state index in [1.807, 2.05) is 16.8 Å². The van der Waals surface area contributed by atoms with Crippen LogP contribution in [0.5, 0.6) is 0 Å². The highest BCUT2D eigenvalue weighted by atomic mass is 32.1. The Labute approximate surface area is 185 Å². The van der Waals surface area contributed by atoms with Crippen molar-refractivity contribution in [2.24, 2.45) is 0 Å². The van der Waals surface area contributed by atoms with Crippen molar-refractivity contribution in [2.75, 3.05) is 32.8 Å². The molecular formula is C22H29N5O3S. The molecule has 8 nitrogen and oxygen atoms in total. The van der Waals surface area contributed by atoms with Crippen molar-refractivity contribution in [3.8, 4) is 0 Å². The van der Waals surface area contributed by atoms with Crippen LogP contribution in [-0.2, 0) is 17.8 Å². The number of rotatable bonds is 7. The average molecular weight is 444 g/mol. The maximum atomic E-state index is 12.8. The van der Waals surface area contributed by atoms with Crippen molar-refractivity contribution in [3.63, 3.8) is 0 Å². The standard InChI is InChI=1S/C22H29N5O3S/c1-4-27-15(3)17(14(2)25-27)12-26-9-11-30-18(13-26)19-16-6-5-7-24-22(16)31-20(19)21(29)23-8-10-28/h5-7,18,28H,4,8-13H2,1-3H3,(H,23,29)/t18-/m1/s1. The van der Waals surface area contributed by atoms with E-state index >= 15 is 0 Å². The Kier molecular flexibility index (Phi) is 6.66. The maximum absolute atomic E-state index is 12.8. The summed E-state index contributed by atoms with van der Waals surface area (Å²) >= 11 is 1.38. The number of aryl methyl sites for hydroxylation is 2. The van der Waals surface area contributed by atoms with Crippen LogP contribution in [0.4, 0.5) is 0 Å². The summed E-state index contributed by atoms with van der Waals surface area (Å²) in [5, 5.41) is 17.5. The molecule has 0 radical (unpaired) electrons. The van der Waals surface area contributed by atoms with E-state index in [9.17, 15) is 4.79 Å². The highest BCUT2D eigenvalue weighted by molar-refractivity contribution is 7.20. The zero-order valence-corrected chi connectivity index (χ0v) is 19.0. The molecule has 0 bridgehead atoms. The topological polar surface area (TPSA) is 92.5 Å². The predicted molar refractivity (Wildman–Crippen MR) is 120 cm³/mol. The van der Waals surface area contributed by atoms with Crippen LogP contribution in [0.15, 0.2) is 18.3 Å². The molecule has 2 N–H and O–H groups in total. The number of morpholine rings is 1. The third-order valence-electron chi connectivity index (χ3n) is 5.79. The minimum absolute atomic E-state index is 0.0952. The molecule has 0 saturated carbocycles. The molecule has 4 rings (SSSR count). The predicted octanol–water partition coefficient (Wildman–Crippen LogP) is 2.43. The molecule has 1 saturated heterocycles. The molecule has 1 atom stereocenters. The maximum Gasteiger partial charge on any atom is 0.261 e. The number of nitrogens with one attached hydrogen (secondary N) is 1. The minimum Gasteiger partial charge on any atom is -0.395 e. The monoisotopic (exact) mass is 443 g/mol. The molecule has 0 spiro atoms. The molecule has 1 amide bonds. The first-order valence-electron chi connectivity index (χ1n) is 10.7. The molecule has 1 aliphatic rings. The van der Waals surface area contributed by atoms with Crippen LogP contribution in [0, 0.1) is 13.8 Å². The molecule has 0 unspecified atom stereocenters. The van der Waals surface area contributed by atoms with Gasteiger partial charge < -0.3 is 15.2 Å². The Bertz CT molecular complexity index is 1080. The summed E-state index contributed by atoms with van der Waals surface area (Å²) in [7, 11) is 0. The minimum atomic E-state index is -0.219. The van der Waals surface area contributed by atoms with E-state index in [0.717, 1.165) is 41.1 Å². The van der Waals surface area contributed by atoms with Gasteiger partial charge in [-0.3, -0.25) is 14.4 Å². The number of carbonyl (C=O) groups is 1. The van der Waals surface area contributed by atoms with Crippen molar-refractivity contribution >= 4 is 27.5 Å². The van der Waals surface area contributed by atoms with E-state index in [-0.39, 0.29) is 25.2 Å². The molecule has 4 heterocycles. The molecule has 1 fully saturated rings. The largest absolute Gasteiger partial charge is 0.395 e. The Balaban J connectivity index is 1.62. The smallest absolute Gasteiger partial charge is 0.261 e. The molecule has 166 valence electrons. The number of ether oxygens (including phenoxy) is 1. The molecule has 31 heavy (non-hydrogen) atoms. The average Bonchev–Trinajstić information content (AvgIpc) is 3.30. The number of hydrogen-bond donors (Lipinski definition) is 2. The Morgan fingerprint density at radius 1 is 1.42 bits per heavy atom. The van der Waals surface area contributed by atoms with E-state index in [2.05, 4.69) is 41.1 Å². The lowest BCUT2D eigenvalue weighted by molar-refractivity contribution is -0.0324. The van der Waals surface area contributed by atoms with Gasteiger partial charge in [0.25, 0.3) is 5.91 Å².